The number of carbonyl (C=O) groups excluding carboxylic acids is 1. The molecule has 1 atom stereocenters. The standard InChI is InChI=1S/C31H37FN8O5.C3H6.C2H6/c1-3-44-29(41)35-19-7-4-10-39(17-19)27-22-15-33-25(20-13-18(2)14-23-21(20)16-34-38-23)24(32)26(22)36-28(37-27)45-31(42,43)30-8-5-11-40(30)12-6-9-30;1-2-3-1;1-2/h13-16,19,42-43H,3-12,17H2,1-2H3,(H,34,38)(H,35,41);1-3H2;1-2H3. The Balaban J connectivity index is 0.000000808. The fourth-order valence-corrected chi connectivity index (χ4v) is 7.37. The highest BCUT2D eigenvalue weighted by Crippen LogP contribution is 2.46. The number of nitrogens with zero attached hydrogens (tertiary/aromatic N) is 6. The second-order valence-corrected chi connectivity index (χ2v) is 13.3. The second kappa shape index (κ2) is 15.0. The van der Waals surface area contributed by atoms with Gasteiger partial charge in [-0.1, -0.05) is 33.1 Å². The molecular formula is C36H49FN8O5. The van der Waals surface area contributed by atoms with E-state index in [1.54, 1.807) is 13.1 Å². The molecule has 3 saturated heterocycles. The van der Waals surface area contributed by atoms with Crippen molar-refractivity contribution in [3.05, 3.63) is 35.9 Å². The van der Waals surface area contributed by atoms with Crippen LogP contribution in [-0.2, 0) is 4.74 Å². The van der Waals surface area contributed by atoms with Crippen molar-refractivity contribution in [2.24, 2.45) is 0 Å². The van der Waals surface area contributed by atoms with Gasteiger partial charge in [0.2, 0.25) is 0 Å². The lowest BCUT2D eigenvalue weighted by Gasteiger charge is -2.41. The molecule has 3 aliphatic heterocycles. The molecule has 0 spiro atoms. The normalized spacial score (nSPS) is 19.7. The number of alkyl carbamates (subject to hydrolysis) is 1. The van der Waals surface area contributed by atoms with Gasteiger partial charge in [-0.05, 0) is 83.2 Å². The fraction of sp³-hybridized carbons (Fsp3) is 0.583. The molecule has 13 nitrogen and oxygen atoms in total. The number of anilines is 1. The van der Waals surface area contributed by atoms with E-state index in [-0.39, 0.29) is 29.9 Å². The number of aliphatic hydroxyl groups is 2. The van der Waals surface area contributed by atoms with E-state index in [0.717, 1.165) is 49.9 Å². The summed E-state index contributed by atoms with van der Waals surface area (Å²) in [6.45, 7) is 10.3. The number of hydrogen-bond acceptors (Lipinski definition) is 11. The fourth-order valence-electron chi connectivity index (χ4n) is 7.37. The van der Waals surface area contributed by atoms with Gasteiger partial charge in [-0.15, -0.1) is 0 Å². The number of aromatic nitrogens is 5. The first kappa shape index (κ1) is 35.7. The van der Waals surface area contributed by atoms with E-state index in [9.17, 15) is 15.0 Å². The van der Waals surface area contributed by atoms with Crippen LogP contribution in [0.1, 0.15) is 84.1 Å². The van der Waals surface area contributed by atoms with Crippen molar-refractivity contribution < 1.29 is 28.9 Å². The Morgan fingerprint density at radius 1 is 1.06 bits per heavy atom. The number of fused-ring (bicyclic) bond motifs is 3. The van der Waals surface area contributed by atoms with Crippen LogP contribution in [0.25, 0.3) is 33.1 Å². The van der Waals surface area contributed by atoms with Gasteiger partial charge in [0.05, 0.1) is 23.7 Å². The van der Waals surface area contributed by atoms with Gasteiger partial charge in [-0.25, -0.2) is 9.18 Å². The first-order chi connectivity index (χ1) is 24.2. The topological polar surface area (TPSA) is 162 Å². The molecule has 3 aromatic heterocycles. The molecule has 14 heteroatoms. The molecule has 8 rings (SSSR count). The summed E-state index contributed by atoms with van der Waals surface area (Å²) >= 11 is 0. The Kier molecular flexibility index (Phi) is 10.7. The van der Waals surface area contributed by atoms with E-state index in [1.165, 1.54) is 25.5 Å². The number of H-pyrrole nitrogens is 1. The number of nitrogens with one attached hydrogen (secondary N) is 2. The average Bonchev–Trinajstić information content (AvgIpc) is 3.63. The molecule has 4 aromatic rings. The summed E-state index contributed by atoms with van der Waals surface area (Å²) in [5.41, 5.74) is 1.19. The van der Waals surface area contributed by atoms with Crippen molar-refractivity contribution in [3.8, 4) is 17.3 Å². The van der Waals surface area contributed by atoms with E-state index in [2.05, 4.69) is 30.5 Å². The number of hydrogen-bond donors (Lipinski definition) is 4. The van der Waals surface area contributed by atoms with Crippen molar-refractivity contribution in [1.82, 2.24) is 35.4 Å². The number of amides is 1. The minimum atomic E-state index is -2.60. The number of rotatable bonds is 7. The van der Waals surface area contributed by atoms with E-state index in [0.29, 0.717) is 48.1 Å². The molecule has 1 unspecified atom stereocenters. The van der Waals surface area contributed by atoms with Crippen LogP contribution < -0.4 is 15.0 Å². The lowest BCUT2D eigenvalue weighted by atomic mass is 9.91. The lowest BCUT2D eigenvalue weighted by molar-refractivity contribution is -0.349. The summed E-state index contributed by atoms with van der Waals surface area (Å²) in [6.07, 6.45) is 11.3. The molecule has 270 valence electrons. The number of halogens is 1. The van der Waals surface area contributed by atoms with Crippen LogP contribution in [-0.4, -0.2) is 96.7 Å². The highest BCUT2D eigenvalue weighted by molar-refractivity contribution is 5.98. The van der Waals surface area contributed by atoms with E-state index in [1.807, 2.05) is 42.7 Å². The average molecular weight is 693 g/mol. The first-order valence-corrected chi connectivity index (χ1v) is 18.1. The predicted molar refractivity (Wildman–Crippen MR) is 188 cm³/mol. The third kappa shape index (κ3) is 7.06. The number of aryl methyl sites for hydroxylation is 1. The molecule has 0 bridgehead atoms. The Labute approximate surface area is 291 Å². The molecule has 4 N–H and O–H groups in total. The highest BCUT2D eigenvalue weighted by Gasteiger charge is 2.60. The molecule has 1 amide bonds. The Morgan fingerprint density at radius 2 is 1.80 bits per heavy atom. The molecule has 6 heterocycles. The van der Waals surface area contributed by atoms with Gasteiger partial charge in [0.1, 0.15) is 22.6 Å². The van der Waals surface area contributed by atoms with Crippen molar-refractivity contribution in [3.63, 3.8) is 0 Å². The smallest absolute Gasteiger partial charge is 0.407 e. The van der Waals surface area contributed by atoms with Gasteiger partial charge in [0, 0.05) is 36.3 Å². The summed E-state index contributed by atoms with van der Waals surface area (Å²) < 4.78 is 27.6. The second-order valence-electron chi connectivity index (χ2n) is 13.3. The van der Waals surface area contributed by atoms with Gasteiger partial charge in [-0.2, -0.15) is 15.1 Å². The zero-order chi connectivity index (χ0) is 35.5. The first-order valence-electron chi connectivity index (χ1n) is 18.1. The summed E-state index contributed by atoms with van der Waals surface area (Å²) in [5, 5.41) is 33.9. The Bertz CT molecular complexity index is 1800. The number of aromatic amines is 1. The molecule has 1 saturated carbocycles. The van der Waals surface area contributed by atoms with Gasteiger partial charge < -0.3 is 29.9 Å². The number of benzene rings is 1. The van der Waals surface area contributed by atoms with E-state index >= 15 is 4.39 Å². The number of ether oxygens (including phenoxy) is 2. The van der Waals surface area contributed by atoms with Crippen LogP contribution in [0.2, 0.25) is 0 Å². The number of pyridine rings is 1. The van der Waals surface area contributed by atoms with Gasteiger partial charge in [0.25, 0.3) is 0 Å². The van der Waals surface area contributed by atoms with Gasteiger partial charge in [0.15, 0.2) is 5.82 Å². The van der Waals surface area contributed by atoms with Crippen molar-refractivity contribution >= 4 is 33.7 Å². The summed E-state index contributed by atoms with van der Waals surface area (Å²) in [7, 11) is 0. The highest BCUT2D eigenvalue weighted by atomic mass is 19.1. The monoisotopic (exact) mass is 692 g/mol. The SMILES string of the molecule is C1CC1.CC.CCOC(=O)NC1CCCN(c2nc(OC(O)(O)C34CCCN3CCC4)nc3c(F)c(-c4cc(C)cc5[nH]ncc45)ncc23)C1. The van der Waals surface area contributed by atoms with Crippen molar-refractivity contribution in [1.29, 1.82) is 0 Å². The maximum Gasteiger partial charge on any atom is 0.407 e. The maximum atomic E-state index is 16.7. The molecule has 0 radical (unpaired) electrons. The molecule has 4 fully saturated rings. The van der Waals surface area contributed by atoms with Crippen LogP contribution >= 0.6 is 0 Å². The Hall–Kier alpha value is -4.14. The zero-order valence-electron chi connectivity index (χ0n) is 29.5. The summed E-state index contributed by atoms with van der Waals surface area (Å²) in [5.74, 6) is -2.98. The van der Waals surface area contributed by atoms with E-state index in [4.69, 9.17) is 9.47 Å². The minimum Gasteiger partial charge on any atom is -0.450 e. The Morgan fingerprint density at radius 3 is 2.50 bits per heavy atom. The van der Waals surface area contributed by atoms with E-state index < -0.39 is 23.4 Å². The third-order valence-corrected chi connectivity index (χ3v) is 9.76. The van der Waals surface area contributed by atoms with Gasteiger partial charge >= 0.3 is 18.1 Å². The zero-order valence-corrected chi connectivity index (χ0v) is 29.5. The van der Waals surface area contributed by atoms with Crippen molar-refractivity contribution in [2.45, 2.75) is 103 Å². The molecule has 50 heavy (non-hydrogen) atoms. The largest absolute Gasteiger partial charge is 0.450 e. The van der Waals surface area contributed by atoms with Crippen molar-refractivity contribution in [2.75, 3.05) is 37.7 Å². The molecule has 1 aromatic carbocycles. The number of carbonyl (C=O) groups is 1. The molecular weight excluding hydrogens is 643 g/mol. The lowest BCUT2D eigenvalue weighted by Crippen LogP contribution is -2.62. The molecule has 4 aliphatic rings. The quantitative estimate of drug-likeness (QED) is 0.179. The van der Waals surface area contributed by atoms with Crippen LogP contribution in [0, 0.1) is 12.7 Å². The maximum absolute atomic E-state index is 16.7. The molecule has 1 aliphatic carbocycles. The summed E-state index contributed by atoms with van der Waals surface area (Å²) in [4.78, 5) is 29.8. The van der Waals surface area contributed by atoms with Crippen LogP contribution in [0.5, 0.6) is 6.01 Å². The van der Waals surface area contributed by atoms with Crippen LogP contribution in [0.15, 0.2) is 24.5 Å². The van der Waals surface area contributed by atoms with Crippen LogP contribution in [0.3, 0.4) is 0 Å². The predicted octanol–water partition coefficient (Wildman–Crippen LogP) is 5.57. The third-order valence-electron chi connectivity index (χ3n) is 9.76. The number of piperidine rings is 1. The van der Waals surface area contributed by atoms with Gasteiger partial charge in [-0.3, -0.25) is 15.0 Å². The van der Waals surface area contributed by atoms with Crippen LogP contribution in [0.4, 0.5) is 15.0 Å². The summed E-state index contributed by atoms with van der Waals surface area (Å²) in [6, 6.07) is 3.16. The minimum absolute atomic E-state index is 0.0679.